The molecule has 180 valence electrons. The molecule has 2 amide bonds. The minimum absolute atomic E-state index is 0.0368. The van der Waals surface area contributed by atoms with E-state index in [0.717, 1.165) is 5.76 Å². The maximum Gasteiger partial charge on any atom is 0.251 e. The van der Waals surface area contributed by atoms with E-state index in [2.05, 4.69) is 5.32 Å². The van der Waals surface area contributed by atoms with E-state index in [1.165, 1.54) is 33.5 Å². The summed E-state index contributed by atoms with van der Waals surface area (Å²) in [6.07, 6.45) is 0. The number of ether oxygens (including phenoxy) is 1. The molecule has 0 spiro atoms. The van der Waals surface area contributed by atoms with Gasteiger partial charge in [-0.2, -0.15) is 4.31 Å². The summed E-state index contributed by atoms with van der Waals surface area (Å²) in [6, 6.07) is 8.72. The van der Waals surface area contributed by atoms with Crippen molar-refractivity contribution in [2.45, 2.75) is 38.3 Å². The van der Waals surface area contributed by atoms with Gasteiger partial charge < -0.3 is 19.4 Å². The average molecular weight is 478 g/mol. The van der Waals surface area contributed by atoms with Crippen LogP contribution in [0.5, 0.6) is 0 Å². The van der Waals surface area contributed by atoms with Gasteiger partial charge in [-0.25, -0.2) is 8.42 Å². The number of rotatable bonds is 8. The topological polar surface area (TPSA) is 109 Å². The normalized spacial score (nSPS) is 15.9. The van der Waals surface area contributed by atoms with Crippen LogP contribution in [0.2, 0.25) is 0 Å². The Kier molecular flexibility index (Phi) is 7.93. The van der Waals surface area contributed by atoms with Crippen molar-refractivity contribution in [3.8, 4) is 0 Å². The molecule has 1 atom stereocenters. The smallest absolute Gasteiger partial charge is 0.251 e. The van der Waals surface area contributed by atoms with E-state index >= 15 is 0 Å². The SMILES string of the molecule is Cc1ccc(CN(C)C(=O)[C@@H](NC(=O)c2cccc(S(=O)(=O)N3CCOCC3)c2)C(C)C)o1. The van der Waals surface area contributed by atoms with Gasteiger partial charge in [0.15, 0.2) is 0 Å². The number of aryl methyl sites for hydroxylation is 1. The van der Waals surface area contributed by atoms with Crippen LogP contribution in [0.25, 0.3) is 0 Å². The summed E-state index contributed by atoms with van der Waals surface area (Å²) < 4.78 is 38.0. The molecular formula is C23H31N3O6S. The Labute approximate surface area is 194 Å². The molecule has 1 aromatic carbocycles. The summed E-state index contributed by atoms with van der Waals surface area (Å²) in [5.74, 6) is 0.458. The largest absolute Gasteiger partial charge is 0.464 e. The first kappa shape index (κ1) is 24.9. The summed E-state index contributed by atoms with van der Waals surface area (Å²) in [6.45, 7) is 6.99. The first-order chi connectivity index (χ1) is 15.6. The molecule has 2 aromatic rings. The lowest BCUT2D eigenvalue weighted by atomic mass is 10.0. The number of likely N-dealkylation sites (N-methyl/N-ethyl adjacent to an activating group) is 1. The van der Waals surface area contributed by atoms with Crippen molar-refractivity contribution >= 4 is 21.8 Å². The molecule has 1 N–H and O–H groups in total. The van der Waals surface area contributed by atoms with Gasteiger partial charge in [0, 0.05) is 25.7 Å². The zero-order valence-corrected chi connectivity index (χ0v) is 20.2. The maximum atomic E-state index is 13.1. The fourth-order valence-corrected chi connectivity index (χ4v) is 5.05. The Balaban J connectivity index is 1.73. The Morgan fingerprint density at radius 3 is 2.45 bits per heavy atom. The number of sulfonamides is 1. The van der Waals surface area contributed by atoms with Crippen LogP contribution in [-0.4, -0.2) is 68.8 Å². The number of nitrogens with zero attached hydrogens (tertiary/aromatic N) is 2. The highest BCUT2D eigenvalue weighted by Gasteiger charge is 2.30. The third kappa shape index (κ3) is 6.01. The molecule has 1 aliphatic heterocycles. The fraction of sp³-hybridized carbons (Fsp3) is 0.478. The quantitative estimate of drug-likeness (QED) is 0.623. The number of carbonyl (C=O) groups excluding carboxylic acids is 2. The molecule has 9 nitrogen and oxygen atoms in total. The van der Waals surface area contributed by atoms with Crippen molar-refractivity contribution in [2.75, 3.05) is 33.4 Å². The van der Waals surface area contributed by atoms with Gasteiger partial charge in [0.25, 0.3) is 5.91 Å². The van der Waals surface area contributed by atoms with Crippen molar-refractivity contribution in [2.24, 2.45) is 5.92 Å². The van der Waals surface area contributed by atoms with Crippen molar-refractivity contribution in [1.29, 1.82) is 0 Å². The summed E-state index contributed by atoms with van der Waals surface area (Å²) in [5, 5.41) is 2.77. The van der Waals surface area contributed by atoms with E-state index in [-0.39, 0.29) is 41.9 Å². The van der Waals surface area contributed by atoms with E-state index in [1.54, 1.807) is 7.05 Å². The molecule has 1 fully saturated rings. The Hall–Kier alpha value is -2.69. The number of morpholine rings is 1. The molecule has 3 rings (SSSR count). The number of hydrogen-bond donors (Lipinski definition) is 1. The van der Waals surface area contributed by atoms with E-state index < -0.39 is 22.0 Å². The number of benzene rings is 1. The highest BCUT2D eigenvalue weighted by Crippen LogP contribution is 2.19. The predicted molar refractivity (Wildman–Crippen MR) is 122 cm³/mol. The molecule has 33 heavy (non-hydrogen) atoms. The van der Waals surface area contributed by atoms with Gasteiger partial charge >= 0.3 is 0 Å². The monoisotopic (exact) mass is 477 g/mol. The van der Waals surface area contributed by atoms with Crippen molar-refractivity contribution in [3.63, 3.8) is 0 Å². The van der Waals surface area contributed by atoms with Crippen LogP contribution in [0, 0.1) is 12.8 Å². The van der Waals surface area contributed by atoms with Crippen LogP contribution in [0.15, 0.2) is 45.7 Å². The molecule has 0 radical (unpaired) electrons. The van der Waals surface area contributed by atoms with Gasteiger partial charge in [0.2, 0.25) is 15.9 Å². The lowest BCUT2D eigenvalue weighted by molar-refractivity contribution is -0.133. The molecular weight excluding hydrogens is 446 g/mol. The molecule has 0 saturated carbocycles. The summed E-state index contributed by atoms with van der Waals surface area (Å²) in [5.41, 5.74) is 0.173. The first-order valence-electron chi connectivity index (χ1n) is 10.9. The first-order valence-corrected chi connectivity index (χ1v) is 12.3. The second kappa shape index (κ2) is 10.5. The van der Waals surface area contributed by atoms with Gasteiger partial charge in [-0.3, -0.25) is 9.59 Å². The fourth-order valence-electron chi connectivity index (χ4n) is 3.59. The minimum Gasteiger partial charge on any atom is -0.464 e. The number of hydrogen-bond acceptors (Lipinski definition) is 6. The molecule has 1 aromatic heterocycles. The van der Waals surface area contributed by atoms with E-state index in [4.69, 9.17) is 9.15 Å². The summed E-state index contributed by atoms with van der Waals surface area (Å²) in [7, 11) is -2.09. The summed E-state index contributed by atoms with van der Waals surface area (Å²) >= 11 is 0. The predicted octanol–water partition coefficient (Wildman–Crippen LogP) is 2.02. The van der Waals surface area contributed by atoms with Gasteiger partial charge in [-0.05, 0) is 43.2 Å². The minimum atomic E-state index is -3.74. The Morgan fingerprint density at radius 1 is 1.15 bits per heavy atom. The van der Waals surface area contributed by atoms with Crippen LogP contribution < -0.4 is 5.32 Å². The molecule has 0 aliphatic carbocycles. The maximum absolute atomic E-state index is 13.1. The van der Waals surface area contributed by atoms with Gasteiger partial charge in [-0.1, -0.05) is 19.9 Å². The molecule has 1 saturated heterocycles. The Morgan fingerprint density at radius 2 is 1.85 bits per heavy atom. The zero-order valence-electron chi connectivity index (χ0n) is 19.4. The molecule has 0 bridgehead atoms. The van der Waals surface area contributed by atoms with Crippen molar-refractivity contribution in [1.82, 2.24) is 14.5 Å². The standard InChI is InChI=1S/C23H31N3O6S/c1-16(2)21(23(28)25(4)15-19-9-8-17(3)32-19)24-22(27)18-6-5-7-20(14-18)33(29,30)26-10-12-31-13-11-26/h5-9,14,16,21H,10-13,15H2,1-4H3,(H,24,27)/t21-/m0/s1. The second-order valence-corrected chi connectivity index (χ2v) is 10.4. The van der Waals surface area contributed by atoms with Gasteiger partial charge in [-0.15, -0.1) is 0 Å². The third-order valence-corrected chi connectivity index (χ3v) is 7.38. The van der Waals surface area contributed by atoms with E-state index in [9.17, 15) is 18.0 Å². The van der Waals surface area contributed by atoms with Gasteiger partial charge in [0.1, 0.15) is 17.6 Å². The van der Waals surface area contributed by atoms with Crippen LogP contribution >= 0.6 is 0 Å². The molecule has 0 unspecified atom stereocenters. The highest BCUT2D eigenvalue weighted by molar-refractivity contribution is 7.89. The van der Waals surface area contributed by atoms with Gasteiger partial charge in [0.05, 0.1) is 24.7 Å². The highest BCUT2D eigenvalue weighted by atomic mass is 32.2. The van der Waals surface area contributed by atoms with Crippen molar-refractivity contribution < 1.29 is 27.2 Å². The van der Waals surface area contributed by atoms with Crippen LogP contribution in [0.1, 0.15) is 35.7 Å². The van der Waals surface area contributed by atoms with Crippen LogP contribution in [0.4, 0.5) is 0 Å². The van der Waals surface area contributed by atoms with Crippen LogP contribution in [-0.2, 0) is 26.1 Å². The number of carbonyl (C=O) groups is 2. The zero-order chi connectivity index (χ0) is 24.2. The molecule has 2 heterocycles. The Bertz CT molecular complexity index is 1090. The van der Waals surface area contributed by atoms with E-state index in [1.807, 2.05) is 32.9 Å². The number of amides is 2. The summed E-state index contributed by atoms with van der Waals surface area (Å²) in [4.78, 5) is 27.6. The number of furan rings is 1. The lowest BCUT2D eigenvalue weighted by Crippen LogP contribution is -2.50. The average Bonchev–Trinajstić information content (AvgIpc) is 3.21. The van der Waals surface area contributed by atoms with Crippen molar-refractivity contribution in [3.05, 3.63) is 53.5 Å². The second-order valence-electron chi connectivity index (χ2n) is 8.45. The van der Waals surface area contributed by atoms with Crippen LogP contribution in [0.3, 0.4) is 0 Å². The number of nitrogens with one attached hydrogen (secondary N) is 1. The van der Waals surface area contributed by atoms with E-state index in [0.29, 0.717) is 19.0 Å². The molecule has 1 aliphatic rings. The lowest BCUT2D eigenvalue weighted by Gasteiger charge is -2.27. The third-order valence-electron chi connectivity index (χ3n) is 5.49. The molecule has 10 heteroatoms.